The summed E-state index contributed by atoms with van der Waals surface area (Å²) in [5.41, 5.74) is -0.824. The van der Waals surface area contributed by atoms with Gasteiger partial charge in [-0.3, -0.25) is 14.3 Å². The molecule has 0 radical (unpaired) electrons. The molecule has 2 rings (SSSR count). The Kier molecular flexibility index (Phi) is 4.13. The number of rotatable bonds is 4. The van der Waals surface area contributed by atoms with Gasteiger partial charge in [0.15, 0.2) is 0 Å². The van der Waals surface area contributed by atoms with E-state index in [9.17, 15) is 14.7 Å². The monoisotopic (exact) mass is 294 g/mol. The van der Waals surface area contributed by atoms with Crippen molar-refractivity contribution in [2.75, 3.05) is 0 Å². The summed E-state index contributed by atoms with van der Waals surface area (Å²) in [5.74, 6) is -0.220. The number of nitrogens with zero attached hydrogens (tertiary/aromatic N) is 1. The van der Waals surface area contributed by atoms with Gasteiger partial charge < -0.3 is 5.11 Å². The Bertz CT molecular complexity index is 727. The molecule has 5 nitrogen and oxygen atoms in total. The van der Waals surface area contributed by atoms with Gasteiger partial charge in [-0.15, -0.1) is 11.3 Å². The van der Waals surface area contributed by atoms with E-state index in [1.165, 1.54) is 9.44 Å². The van der Waals surface area contributed by atoms with Crippen LogP contribution in [0.2, 0.25) is 0 Å². The third-order valence-corrected chi connectivity index (χ3v) is 4.32. The number of aryl methyl sites for hydroxylation is 1. The van der Waals surface area contributed by atoms with Crippen molar-refractivity contribution >= 4 is 11.3 Å². The van der Waals surface area contributed by atoms with Crippen LogP contribution in [0, 0.1) is 6.92 Å². The normalized spacial score (nSPS) is 12.6. The molecule has 0 fully saturated rings. The minimum absolute atomic E-state index is 0.220. The van der Waals surface area contributed by atoms with Crippen molar-refractivity contribution in [1.29, 1.82) is 0 Å². The molecular formula is C14H18N2O3S. The van der Waals surface area contributed by atoms with Gasteiger partial charge in [0.2, 0.25) is 5.88 Å². The van der Waals surface area contributed by atoms with Gasteiger partial charge in [-0.05, 0) is 32.4 Å². The van der Waals surface area contributed by atoms with E-state index in [2.05, 4.69) is 4.98 Å². The molecule has 2 N–H and O–H groups in total. The van der Waals surface area contributed by atoms with Crippen molar-refractivity contribution in [2.45, 2.75) is 39.7 Å². The second kappa shape index (κ2) is 5.66. The van der Waals surface area contributed by atoms with Crippen LogP contribution in [0.5, 0.6) is 5.88 Å². The summed E-state index contributed by atoms with van der Waals surface area (Å²) in [6.07, 6.45) is 1.02. The number of hydrogen-bond acceptors (Lipinski definition) is 4. The lowest BCUT2D eigenvalue weighted by Crippen LogP contribution is -2.34. The van der Waals surface area contributed by atoms with Crippen molar-refractivity contribution in [2.24, 2.45) is 0 Å². The summed E-state index contributed by atoms with van der Waals surface area (Å²) < 4.78 is 1.26. The number of hydrogen-bond donors (Lipinski definition) is 2. The number of aromatic amines is 1. The zero-order chi connectivity index (χ0) is 14.9. The largest absolute Gasteiger partial charge is 0.494 e. The van der Waals surface area contributed by atoms with Crippen LogP contribution in [0.15, 0.2) is 21.7 Å². The minimum atomic E-state index is -0.564. The van der Waals surface area contributed by atoms with Crippen LogP contribution < -0.4 is 11.2 Å². The SMILES string of the molecule is CCc1c(O)n(C(C)Cc2ccc(C)s2)c(=O)[nH]c1=O. The maximum absolute atomic E-state index is 11.9. The summed E-state index contributed by atoms with van der Waals surface area (Å²) >= 11 is 1.67. The molecule has 20 heavy (non-hydrogen) atoms. The highest BCUT2D eigenvalue weighted by Crippen LogP contribution is 2.23. The fourth-order valence-corrected chi connectivity index (χ4v) is 3.29. The van der Waals surface area contributed by atoms with E-state index in [0.29, 0.717) is 12.8 Å². The lowest BCUT2D eigenvalue weighted by molar-refractivity contribution is 0.365. The standard InChI is InChI=1S/C14H18N2O3S/c1-4-11-12(17)15-14(19)16(13(11)18)8(2)7-10-6-5-9(3)20-10/h5-6,8,18H,4,7H2,1-3H3,(H,15,17,19). The highest BCUT2D eigenvalue weighted by molar-refractivity contribution is 7.11. The van der Waals surface area contributed by atoms with Crippen LogP contribution in [0.1, 0.15) is 35.2 Å². The first-order valence-electron chi connectivity index (χ1n) is 6.56. The lowest BCUT2D eigenvalue weighted by Gasteiger charge is -2.17. The maximum Gasteiger partial charge on any atom is 0.331 e. The van der Waals surface area contributed by atoms with Crippen molar-refractivity contribution in [1.82, 2.24) is 9.55 Å². The van der Waals surface area contributed by atoms with Crippen LogP contribution in [0.3, 0.4) is 0 Å². The van der Waals surface area contributed by atoms with Crippen molar-refractivity contribution in [3.8, 4) is 5.88 Å². The maximum atomic E-state index is 11.9. The molecule has 2 aromatic rings. The molecule has 2 heterocycles. The van der Waals surface area contributed by atoms with Crippen molar-refractivity contribution in [3.63, 3.8) is 0 Å². The molecule has 108 valence electrons. The van der Waals surface area contributed by atoms with Crippen LogP contribution >= 0.6 is 11.3 Å². The second-order valence-electron chi connectivity index (χ2n) is 4.85. The van der Waals surface area contributed by atoms with E-state index >= 15 is 0 Å². The predicted octanol–water partition coefficient (Wildman–Crippen LogP) is 1.98. The highest BCUT2D eigenvalue weighted by Gasteiger charge is 2.17. The average molecular weight is 294 g/mol. The summed E-state index contributed by atoms with van der Waals surface area (Å²) in [7, 11) is 0. The molecular weight excluding hydrogens is 276 g/mol. The molecule has 0 aliphatic heterocycles. The smallest absolute Gasteiger partial charge is 0.331 e. The quantitative estimate of drug-likeness (QED) is 0.905. The Hall–Kier alpha value is -1.82. The topological polar surface area (TPSA) is 75.1 Å². The van der Waals surface area contributed by atoms with E-state index in [0.717, 1.165) is 4.88 Å². The molecule has 0 bridgehead atoms. The summed E-state index contributed by atoms with van der Waals surface area (Å²) in [6, 6.07) is 3.83. The van der Waals surface area contributed by atoms with Crippen molar-refractivity contribution in [3.05, 3.63) is 48.3 Å². The lowest BCUT2D eigenvalue weighted by atomic mass is 10.2. The first-order chi connectivity index (χ1) is 9.43. The first-order valence-corrected chi connectivity index (χ1v) is 7.37. The van der Waals surface area contributed by atoms with Crippen LogP contribution in [0.25, 0.3) is 0 Å². The zero-order valence-electron chi connectivity index (χ0n) is 11.8. The van der Waals surface area contributed by atoms with Crippen molar-refractivity contribution < 1.29 is 5.11 Å². The van der Waals surface area contributed by atoms with Crippen LogP contribution in [0.4, 0.5) is 0 Å². The van der Waals surface area contributed by atoms with Gasteiger partial charge in [-0.2, -0.15) is 0 Å². The Morgan fingerprint density at radius 3 is 2.65 bits per heavy atom. The summed E-state index contributed by atoms with van der Waals surface area (Å²) in [5, 5.41) is 10.2. The average Bonchev–Trinajstić information content (AvgIpc) is 2.74. The van der Waals surface area contributed by atoms with Gasteiger partial charge in [0.25, 0.3) is 5.56 Å². The van der Waals surface area contributed by atoms with Gasteiger partial charge >= 0.3 is 5.69 Å². The minimum Gasteiger partial charge on any atom is -0.494 e. The van der Waals surface area contributed by atoms with Gasteiger partial charge in [-0.25, -0.2) is 4.79 Å². The molecule has 0 aliphatic rings. The summed E-state index contributed by atoms with van der Waals surface area (Å²) in [4.78, 5) is 28.1. The molecule has 6 heteroatoms. The van der Waals surface area contributed by atoms with Gasteiger partial charge in [0.1, 0.15) is 0 Å². The third-order valence-electron chi connectivity index (χ3n) is 3.30. The van der Waals surface area contributed by atoms with E-state index in [1.807, 2.05) is 26.0 Å². The summed E-state index contributed by atoms with van der Waals surface area (Å²) in [6.45, 7) is 5.65. The zero-order valence-corrected chi connectivity index (χ0v) is 12.6. The Morgan fingerprint density at radius 2 is 2.10 bits per heavy atom. The van der Waals surface area contributed by atoms with Crippen LogP contribution in [-0.4, -0.2) is 14.7 Å². The van der Waals surface area contributed by atoms with Gasteiger partial charge in [0.05, 0.1) is 5.56 Å². The van der Waals surface area contributed by atoms with E-state index in [4.69, 9.17) is 0 Å². The highest BCUT2D eigenvalue weighted by atomic mass is 32.1. The first kappa shape index (κ1) is 14.6. The fraction of sp³-hybridized carbons (Fsp3) is 0.429. The Balaban J connectivity index is 2.41. The third kappa shape index (κ3) is 2.70. The van der Waals surface area contributed by atoms with E-state index < -0.39 is 11.2 Å². The fourth-order valence-electron chi connectivity index (χ4n) is 2.28. The molecule has 1 unspecified atom stereocenters. The molecule has 1 atom stereocenters. The van der Waals surface area contributed by atoms with E-state index in [1.54, 1.807) is 18.3 Å². The number of nitrogens with one attached hydrogen (secondary N) is 1. The second-order valence-corrected chi connectivity index (χ2v) is 6.22. The van der Waals surface area contributed by atoms with Gasteiger partial charge in [0, 0.05) is 22.2 Å². The van der Waals surface area contributed by atoms with Crippen LogP contribution in [-0.2, 0) is 12.8 Å². The predicted molar refractivity (Wildman–Crippen MR) is 79.8 cm³/mol. The Labute approximate surface area is 120 Å². The molecule has 0 aromatic carbocycles. The number of aromatic nitrogens is 2. The molecule has 0 amide bonds. The molecule has 0 aliphatic carbocycles. The van der Waals surface area contributed by atoms with Gasteiger partial charge in [-0.1, -0.05) is 6.92 Å². The van der Waals surface area contributed by atoms with E-state index in [-0.39, 0.29) is 17.5 Å². The molecule has 0 saturated heterocycles. The number of thiophene rings is 1. The number of aromatic hydroxyl groups is 1. The molecule has 0 spiro atoms. The molecule has 0 saturated carbocycles. The Morgan fingerprint density at radius 1 is 1.40 bits per heavy atom. The number of H-pyrrole nitrogens is 1. The molecule has 2 aromatic heterocycles.